The number of nitrogens with one attached hydrogen (secondary N) is 1. The second kappa shape index (κ2) is 6.55. The van der Waals surface area contributed by atoms with E-state index in [2.05, 4.69) is 20.7 Å². The third kappa shape index (κ3) is 3.86. The Balaban J connectivity index is 1.48. The Bertz CT molecular complexity index is 271. The quantitative estimate of drug-likeness (QED) is 0.695. The largest absolute Gasteiger partial charge is 0.381 e. The Morgan fingerprint density at radius 1 is 1.50 bits per heavy atom. The van der Waals surface area contributed by atoms with Crippen LogP contribution >= 0.6 is 0 Å². The molecule has 0 amide bonds. The molecule has 0 radical (unpaired) electrons. The maximum atomic E-state index is 5.64. The molecule has 1 aliphatic rings. The third-order valence-electron chi connectivity index (χ3n) is 2.79. The summed E-state index contributed by atoms with van der Waals surface area (Å²) in [5, 5.41) is 14.8. The molecule has 1 aromatic rings. The van der Waals surface area contributed by atoms with Gasteiger partial charge >= 0.3 is 0 Å². The Morgan fingerprint density at radius 3 is 3.25 bits per heavy atom. The number of aromatic nitrogens is 4. The lowest BCUT2D eigenvalue weighted by atomic mass is 10.0. The molecule has 1 atom stereocenters. The Hall–Kier alpha value is -1.01. The van der Waals surface area contributed by atoms with Gasteiger partial charge in [0.05, 0.1) is 13.2 Å². The van der Waals surface area contributed by atoms with Crippen molar-refractivity contribution < 1.29 is 4.74 Å². The predicted molar refractivity (Wildman–Crippen MR) is 58.8 cm³/mol. The van der Waals surface area contributed by atoms with Crippen LogP contribution in [0.5, 0.6) is 0 Å². The normalized spacial score (nSPS) is 21.1. The average molecular weight is 225 g/mol. The van der Waals surface area contributed by atoms with Crippen LogP contribution in [0.15, 0.2) is 6.33 Å². The minimum Gasteiger partial charge on any atom is -0.381 e. The lowest BCUT2D eigenvalue weighted by molar-refractivity contribution is 0.0849. The van der Waals surface area contributed by atoms with Crippen LogP contribution in [0.4, 0.5) is 0 Å². The van der Waals surface area contributed by atoms with Crippen LogP contribution in [0.1, 0.15) is 19.3 Å². The molecule has 0 aliphatic carbocycles. The van der Waals surface area contributed by atoms with E-state index in [-0.39, 0.29) is 0 Å². The minimum atomic E-state index is 0.693. The molecule has 2 rings (SSSR count). The van der Waals surface area contributed by atoms with Crippen LogP contribution in [0.2, 0.25) is 0 Å². The fourth-order valence-electron chi connectivity index (χ4n) is 1.92. The number of nitrogens with zero attached hydrogens (tertiary/aromatic N) is 4. The fourth-order valence-corrected chi connectivity index (χ4v) is 1.92. The summed E-state index contributed by atoms with van der Waals surface area (Å²) in [5.41, 5.74) is 0. The SMILES string of the molecule is c1nnn(CCCOC[C@H]2CCCNC2)n1. The summed E-state index contributed by atoms with van der Waals surface area (Å²) < 4.78 is 5.64. The van der Waals surface area contributed by atoms with Gasteiger partial charge in [-0.05, 0) is 36.9 Å². The van der Waals surface area contributed by atoms with Crippen LogP contribution in [0, 0.1) is 5.92 Å². The summed E-state index contributed by atoms with van der Waals surface area (Å²) in [6.45, 7) is 4.69. The molecule has 6 nitrogen and oxygen atoms in total. The second-order valence-electron chi connectivity index (χ2n) is 4.17. The summed E-state index contributed by atoms with van der Waals surface area (Å²) in [5.74, 6) is 0.693. The molecule has 1 saturated heterocycles. The first-order valence-corrected chi connectivity index (χ1v) is 5.94. The predicted octanol–water partition coefficient (Wildman–Crippen LogP) is 0.0794. The van der Waals surface area contributed by atoms with Gasteiger partial charge in [-0.1, -0.05) is 0 Å². The number of rotatable bonds is 6. The van der Waals surface area contributed by atoms with E-state index in [1.54, 1.807) is 4.80 Å². The zero-order valence-electron chi connectivity index (χ0n) is 9.51. The van der Waals surface area contributed by atoms with E-state index in [0.717, 1.165) is 39.3 Å². The monoisotopic (exact) mass is 225 g/mol. The van der Waals surface area contributed by atoms with Crippen LogP contribution in [-0.2, 0) is 11.3 Å². The van der Waals surface area contributed by atoms with Crippen molar-refractivity contribution in [3.63, 3.8) is 0 Å². The van der Waals surface area contributed by atoms with Crippen molar-refractivity contribution in [2.75, 3.05) is 26.3 Å². The molecule has 0 spiro atoms. The van der Waals surface area contributed by atoms with E-state index in [1.165, 1.54) is 19.2 Å². The molecule has 1 fully saturated rings. The molecule has 90 valence electrons. The Kier molecular flexibility index (Phi) is 4.69. The van der Waals surface area contributed by atoms with E-state index in [9.17, 15) is 0 Å². The number of aryl methyl sites for hydroxylation is 1. The van der Waals surface area contributed by atoms with Crippen molar-refractivity contribution >= 4 is 0 Å². The second-order valence-corrected chi connectivity index (χ2v) is 4.17. The number of tetrazole rings is 1. The van der Waals surface area contributed by atoms with E-state index < -0.39 is 0 Å². The molecular weight excluding hydrogens is 206 g/mol. The summed E-state index contributed by atoms with van der Waals surface area (Å²) in [6.07, 6.45) is 4.96. The molecule has 0 saturated carbocycles. The van der Waals surface area contributed by atoms with Gasteiger partial charge in [0, 0.05) is 13.2 Å². The van der Waals surface area contributed by atoms with Gasteiger partial charge in [0.15, 0.2) is 6.33 Å². The van der Waals surface area contributed by atoms with Gasteiger partial charge in [0.2, 0.25) is 0 Å². The summed E-state index contributed by atoms with van der Waals surface area (Å²) >= 11 is 0. The van der Waals surface area contributed by atoms with Crippen molar-refractivity contribution in [2.45, 2.75) is 25.8 Å². The van der Waals surface area contributed by atoms with Gasteiger partial charge in [-0.2, -0.15) is 4.80 Å². The molecule has 1 aromatic heterocycles. The van der Waals surface area contributed by atoms with E-state index in [1.807, 2.05) is 0 Å². The van der Waals surface area contributed by atoms with Gasteiger partial charge in [0.25, 0.3) is 0 Å². The van der Waals surface area contributed by atoms with Gasteiger partial charge in [-0.25, -0.2) is 0 Å². The van der Waals surface area contributed by atoms with Crippen molar-refractivity contribution in [1.29, 1.82) is 0 Å². The summed E-state index contributed by atoms with van der Waals surface area (Å²) in [6, 6.07) is 0. The molecule has 0 aromatic carbocycles. The molecule has 16 heavy (non-hydrogen) atoms. The highest BCUT2D eigenvalue weighted by Gasteiger charge is 2.12. The Labute approximate surface area is 95.4 Å². The van der Waals surface area contributed by atoms with E-state index in [4.69, 9.17) is 4.74 Å². The number of hydrogen-bond donors (Lipinski definition) is 1. The highest BCUT2D eigenvalue weighted by Crippen LogP contribution is 2.09. The van der Waals surface area contributed by atoms with E-state index >= 15 is 0 Å². The lowest BCUT2D eigenvalue weighted by Crippen LogP contribution is -2.32. The van der Waals surface area contributed by atoms with Crippen LogP contribution in [0.25, 0.3) is 0 Å². The summed E-state index contributed by atoms with van der Waals surface area (Å²) in [4.78, 5) is 1.59. The highest BCUT2D eigenvalue weighted by molar-refractivity contribution is 4.67. The van der Waals surface area contributed by atoms with Gasteiger partial charge in [0.1, 0.15) is 0 Å². The average Bonchev–Trinajstić information content (AvgIpc) is 2.83. The first kappa shape index (κ1) is 11.5. The molecule has 0 unspecified atom stereocenters. The summed E-state index contributed by atoms with van der Waals surface area (Å²) in [7, 11) is 0. The first-order chi connectivity index (χ1) is 7.95. The zero-order valence-corrected chi connectivity index (χ0v) is 9.51. The molecular formula is C10H19N5O. The standard InChI is InChI=1S/C10H19N5O/c1-3-10(7-11-4-1)8-16-6-2-5-15-13-9-12-14-15/h9-11H,1-8H2/t10-/m0/s1. The molecule has 0 bridgehead atoms. The topological polar surface area (TPSA) is 64.9 Å². The highest BCUT2D eigenvalue weighted by atomic mass is 16.5. The van der Waals surface area contributed by atoms with Crippen molar-refractivity contribution in [3.8, 4) is 0 Å². The van der Waals surface area contributed by atoms with E-state index in [0.29, 0.717) is 5.92 Å². The first-order valence-electron chi connectivity index (χ1n) is 5.94. The fraction of sp³-hybridized carbons (Fsp3) is 0.900. The minimum absolute atomic E-state index is 0.693. The number of hydrogen-bond acceptors (Lipinski definition) is 5. The van der Waals surface area contributed by atoms with Crippen LogP contribution in [0.3, 0.4) is 0 Å². The van der Waals surface area contributed by atoms with Gasteiger partial charge in [-0.15, -0.1) is 10.2 Å². The maximum Gasteiger partial charge on any atom is 0.162 e. The molecule has 6 heteroatoms. The smallest absolute Gasteiger partial charge is 0.162 e. The van der Waals surface area contributed by atoms with Crippen molar-refractivity contribution in [3.05, 3.63) is 6.33 Å². The van der Waals surface area contributed by atoms with Crippen LogP contribution < -0.4 is 5.32 Å². The Morgan fingerprint density at radius 2 is 2.50 bits per heavy atom. The number of ether oxygens (including phenoxy) is 1. The zero-order chi connectivity index (χ0) is 11.1. The van der Waals surface area contributed by atoms with Gasteiger partial charge in [-0.3, -0.25) is 0 Å². The van der Waals surface area contributed by atoms with Crippen molar-refractivity contribution in [2.24, 2.45) is 5.92 Å². The molecule has 1 N–H and O–H groups in total. The molecule has 1 aliphatic heterocycles. The molecule has 2 heterocycles. The van der Waals surface area contributed by atoms with Gasteiger partial charge < -0.3 is 10.1 Å². The maximum absolute atomic E-state index is 5.64. The lowest BCUT2D eigenvalue weighted by Gasteiger charge is -2.22. The van der Waals surface area contributed by atoms with Crippen molar-refractivity contribution in [1.82, 2.24) is 25.5 Å². The number of piperidine rings is 1. The third-order valence-corrected chi connectivity index (χ3v) is 2.79. The van der Waals surface area contributed by atoms with Crippen LogP contribution in [-0.4, -0.2) is 46.5 Å².